The third-order valence-corrected chi connectivity index (χ3v) is 4.15. The first kappa shape index (κ1) is 13.2. The molecule has 6 nitrogen and oxygen atoms in total. The highest BCUT2D eigenvalue weighted by atomic mass is 16.6. The van der Waals surface area contributed by atoms with E-state index in [4.69, 9.17) is 9.47 Å². The van der Waals surface area contributed by atoms with Gasteiger partial charge in [0.1, 0.15) is 6.61 Å². The van der Waals surface area contributed by atoms with Crippen LogP contribution in [0.1, 0.15) is 11.9 Å². The second-order valence-electron chi connectivity index (χ2n) is 5.71. The minimum atomic E-state index is -0.246. The van der Waals surface area contributed by atoms with Crippen molar-refractivity contribution in [3.63, 3.8) is 0 Å². The largest absolute Gasteiger partial charge is 0.485 e. The van der Waals surface area contributed by atoms with Crippen LogP contribution in [0.15, 0.2) is 54.9 Å². The van der Waals surface area contributed by atoms with E-state index in [9.17, 15) is 0 Å². The van der Waals surface area contributed by atoms with Crippen LogP contribution in [-0.4, -0.2) is 26.8 Å². The van der Waals surface area contributed by atoms with E-state index in [1.54, 1.807) is 6.20 Å². The first-order valence-electron chi connectivity index (χ1n) is 7.74. The van der Waals surface area contributed by atoms with Gasteiger partial charge in [0, 0.05) is 11.8 Å². The lowest BCUT2D eigenvalue weighted by Crippen LogP contribution is -2.22. The van der Waals surface area contributed by atoms with E-state index in [0.717, 1.165) is 39.5 Å². The van der Waals surface area contributed by atoms with Crippen LogP contribution in [0, 0.1) is 0 Å². The van der Waals surface area contributed by atoms with E-state index in [0.29, 0.717) is 6.61 Å². The van der Waals surface area contributed by atoms with Crippen LogP contribution in [-0.2, 0) is 0 Å². The van der Waals surface area contributed by atoms with Gasteiger partial charge in [-0.25, -0.2) is 4.98 Å². The lowest BCUT2D eigenvalue weighted by Gasteiger charge is -2.24. The van der Waals surface area contributed by atoms with Gasteiger partial charge in [-0.15, -0.1) is 0 Å². The van der Waals surface area contributed by atoms with E-state index in [1.807, 2.05) is 42.6 Å². The third-order valence-electron chi connectivity index (χ3n) is 4.15. The summed E-state index contributed by atoms with van der Waals surface area (Å²) in [6.45, 7) is 0.436. The molecule has 2 aromatic carbocycles. The van der Waals surface area contributed by atoms with Gasteiger partial charge < -0.3 is 14.5 Å². The average Bonchev–Trinajstić information content (AvgIpc) is 3.30. The van der Waals surface area contributed by atoms with Gasteiger partial charge in [-0.05, 0) is 29.8 Å². The van der Waals surface area contributed by atoms with Crippen molar-refractivity contribution >= 4 is 11.0 Å². The Morgan fingerprint density at radius 3 is 2.83 bits per heavy atom. The summed E-state index contributed by atoms with van der Waals surface area (Å²) >= 11 is 0. The van der Waals surface area contributed by atoms with Crippen molar-refractivity contribution in [2.24, 2.45) is 0 Å². The summed E-state index contributed by atoms with van der Waals surface area (Å²) in [5.74, 6) is 2.28. The van der Waals surface area contributed by atoms with E-state index >= 15 is 0 Å². The molecule has 0 unspecified atom stereocenters. The smallest absolute Gasteiger partial charge is 0.190 e. The molecule has 2 N–H and O–H groups in total. The molecule has 0 amide bonds. The maximum atomic E-state index is 6.02. The number of imidazole rings is 1. The number of rotatable bonds is 2. The fourth-order valence-electron chi connectivity index (χ4n) is 2.92. The summed E-state index contributed by atoms with van der Waals surface area (Å²) in [4.78, 5) is 8.00. The summed E-state index contributed by atoms with van der Waals surface area (Å²) in [6, 6.07) is 13.8. The number of benzene rings is 2. The minimum absolute atomic E-state index is 0.246. The number of hydrogen-bond acceptors (Lipinski definition) is 4. The van der Waals surface area contributed by atoms with E-state index in [1.165, 1.54) is 0 Å². The predicted molar refractivity (Wildman–Crippen MR) is 89.0 cm³/mol. The Morgan fingerprint density at radius 2 is 1.96 bits per heavy atom. The van der Waals surface area contributed by atoms with Crippen LogP contribution in [0.3, 0.4) is 0 Å². The van der Waals surface area contributed by atoms with E-state index < -0.39 is 0 Å². The molecule has 3 heterocycles. The Bertz CT molecular complexity index is 1010. The molecule has 0 saturated carbocycles. The van der Waals surface area contributed by atoms with Gasteiger partial charge >= 0.3 is 0 Å². The summed E-state index contributed by atoms with van der Waals surface area (Å²) in [6.07, 6.45) is 3.42. The lowest BCUT2D eigenvalue weighted by molar-refractivity contribution is 0.0859. The number of nitrogens with zero attached hydrogens (tertiary/aromatic N) is 2. The van der Waals surface area contributed by atoms with Crippen LogP contribution >= 0.6 is 0 Å². The molecule has 0 bridgehead atoms. The highest BCUT2D eigenvalue weighted by molar-refractivity contribution is 5.81. The molecule has 0 fully saturated rings. The molecule has 0 spiro atoms. The SMILES string of the molecule is c1ccc2c(c1)OC[C@H](c1nc3ccc(-c4cn[nH]c4)cc3[nH]1)O2. The van der Waals surface area contributed by atoms with Crippen LogP contribution in [0.25, 0.3) is 22.2 Å². The van der Waals surface area contributed by atoms with Gasteiger partial charge in [0.25, 0.3) is 0 Å². The summed E-state index contributed by atoms with van der Waals surface area (Å²) < 4.78 is 11.8. The van der Waals surface area contributed by atoms with Crippen molar-refractivity contribution in [2.45, 2.75) is 6.10 Å². The number of nitrogens with one attached hydrogen (secondary N) is 2. The fourth-order valence-corrected chi connectivity index (χ4v) is 2.92. The highest BCUT2D eigenvalue weighted by Crippen LogP contribution is 2.35. The zero-order valence-corrected chi connectivity index (χ0v) is 12.7. The van der Waals surface area contributed by atoms with E-state index in [-0.39, 0.29) is 6.10 Å². The van der Waals surface area contributed by atoms with Crippen LogP contribution in [0.2, 0.25) is 0 Å². The topological polar surface area (TPSA) is 75.8 Å². The third kappa shape index (κ3) is 2.11. The Hall–Kier alpha value is -3.28. The molecule has 1 aliphatic rings. The summed E-state index contributed by atoms with van der Waals surface area (Å²) in [7, 11) is 0. The zero-order chi connectivity index (χ0) is 15.9. The highest BCUT2D eigenvalue weighted by Gasteiger charge is 2.25. The van der Waals surface area contributed by atoms with Crippen LogP contribution in [0.4, 0.5) is 0 Å². The van der Waals surface area contributed by atoms with Gasteiger partial charge in [0.15, 0.2) is 23.4 Å². The van der Waals surface area contributed by atoms with Gasteiger partial charge in [-0.1, -0.05) is 18.2 Å². The van der Waals surface area contributed by atoms with Crippen molar-refractivity contribution in [2.75, 3.05) is 6.61 Å². The van der Waals surface area contributed by atoms with Gasteiger partial charge in [-0.3, -0.25) is 5.10 Å². The number of aromatic nitrogens is 4. The Morgan fingerprint density at radius 1 is 1.04 bits per heavy atom. The number of ether oxygens (including phenoxy) is 2. The van der Waals surface area contributed by atoms with Crippen molar-refractivity contribution in [1.29, 1.82) is 0 Å². The molecule has 0 saturated heterocycles. The maximum Gasteiger partial charge on any atom is 0.190 e. The maximum absolute atomic E-state index is 6.02. The molecule has 2 aromatic heterocycles. The molecule has 0 radical (unpaired) electrons. The second kappa shape index (κ2) is 5.13. The standard InChI is InChI=1S/C18H14N4O2/c1-2-4-16-15(3-1)23-10-17(24-16)18-21-13-6-5-11(7-14(13)22-18)12-8-19-20-9-12/h1-9,17H,10H2,(H,19,20)(H,21,22)/t17-/m1/s1. The molecule has 0 aliphatic carbocycles. The molecule has 4 aromatic rings. The predicted octanol–water partition coefficient (Wildman–Crippen LogP) is 3.47. The fraction of sp³-hybridized carbons (Fsp3) is 0.111. The van der Waals surface area contributed by atoms with E-state index in [2.05, 4.69) is 26.2 Å². The Balaban J connectivity index is 1.50. The van der Waals surface area contributed by atoms with Gasteiger partial charge in [0.2, 0.25) is 0 Å². The van der Waals surface area contributed by atoms with Gasteiger partial charge in [-0.2, -0.15) is 5.10 Å². The Kier molecular flexibility index (Phi) is 2.82. The van der Waals surface area contributed by atoms with Crippen molar-refractivity contribution in [1.82, 2.24) is 20.2 Å². The molecular formula is C18H14N4O2. The number of para-hydroxylation sites is 2. The number of aromatic amines is 2. The summed E-state index contributed by atoms with van der Waals surface area (Å²) in [5.41, 5.74) is 3.99. The van der Waals surface area contributed by atoms with Crippen molar-refractivity contribution in [3.05, 3.63) is 60.7 Å². The molecule has 6 heteroatoms. The molecule has 5 rings (SSSR count). The first-order valence-corrected chi connectivity index (χ1v) is 7.74. The molecule has 118 valence electrons. The number of H-pyrrole nitrogens is 2. The quantitative estimate of drug-likeness (QED) is 0.593. The van der Waals surface area contributed by atoms with Crippen LogP contribution in [0.5, 0.6) is 11.5 Å². The minimum Gasteiger partial charge on any atom is -0.485 e. The second-order valence-corrected chi connectivity index (χ2v) is 5.71. The molecule has 24 heavy (non-hydrogen) atoms. The first-order chi connectivity index (χ1) is 11.9. The normalized spacial score (nSPS) is 16.4. The molecular weight excluding hydrogens is 304 g/mol. The monoisotopic (exact) mass is 318 g/mol. The average molecular weight is 318 g/mol. The molecule has 1 aliphatic heterocycles. The zero-order valence-electron chi connectivity index (χ0n) is 12.7. The Labute approximate surface area is 137 Å². The van der Waals surface area contributed by atoms with Crippen molar-refractivity contribution < 1.29 is 9.47 Å². The van der Waals surface area contributed by atoms with Gasteiger partial charge in [0.05, 0.1) is 17.2 Å². The number of hydrogen-bond donors (Lipinski definition) is 2. The summed E-state index contributed by atoms with van der Waals surface area (Å²) in [5, 5.41) is 6.82. The van der Waals surface area contributed by atoms with Crippen LogP contribution < -0.4 is 9.47 Å². The lowest BCUT2D eigenvalue weighted by atomic mass is 10.1. The molecule has 1 atom stereocenters. The number of fused-ring (bicyclic) bond motifs is 2. The van der Waals surface area contributed by atoms with Crippen molar-refractivity contribution in [3.8, 4) is 22.6 Å².